The summed E-state index contributed by atoms with van der Waals surface area (Å²) >= 11 is 0. The summed E-state index contributed by atoms with van der Waals surface area (Å²) in [5, 5.41) is 3.25. The van der Waals surface area contributed by atoms with Gasteiger partial charge in [-0.15, -0.1) is 0 Å². The number of hydrogen-bond donors (Lipinski definition) is 3. The Labute approximate surface area is 121 Å². The second kappa shape index (κ2) is 6.28. The van der Waals surface area contributed by atoms with Gasteiger partial charge in [0.1, 0.15) is 0 Å². The van der Waals surface area contributed by atoms with Crippen molar-refractivity contribution in [2.24, 2.45) is 5.41 Å². The van der Waals surface area contributed by atoms with E-state index < -0.39 is 10.0 Å². The van der Waals surface area contributed by atoms with Crippen LogP contribution in [0, 0.1) is 5.41 Å². The van der Waals surface area contributed by atoms with Crippen molar-refractivity contribution < 1.29 is 8.42 Å². The van der Waals surface area contributed by atoms with Crippen molar-refractivity contribution in [1.82, 2.24) is 15.0 Å². The number of aromatic nitrogens is 1. The molecule has 1 aromatic rings. The second-order valence-electron chi connectivity index (χ2n) is 5.72. The highest BCUT2D eigenvalue weighted by Crippen LogP contribution is 2.48. The minimum absolute atomic E-state index is 0.217. The molecule has 0 spiro atoms. The van der Waals surface area contributed by atoms with Gasteiger partial charge in [0, 0.05) is 25.0 Å². The molecule has 5 nitrogen and oxygen atoms in total. The van der Waals surface area contributed by atoms with Gasteiger partial charge in [-0.3, -0.25) is 0 Å². The summed E-state index contributed by atoms with van der Waals surface area (Å²) in [6, 6.07) is 1.70. The molecular weight excluding hydrogens is 274 g/mol. The van der Waals surface area contributed by atoms with E-state index in [1.807, 2.05) is 0 Å². The van der Waals surface area contributed by atoms with Crippen LogP contribution in [0.5, 0.6) is 0 Å². The van der Waals surface area contributed by atoms with Crippen molar-refractivity contribution in [3.8, 4) is 0 Å². The summed E-state index contributed by atoms with van der Waals surface area (Å²) in [7, 11) is -3.38. The molecule has 1 aliphatic carbocycles. The summed E-state index contributed by atoms with van der Waals surface area (Å²) in [5.74, 6) is 0. The van der Waals surface area contributed by atoms with Gasteiger partial charge in [0.2, 0.25) is 10.0 Å². The predicted octanol–water partition coefficient (Wildman–Crippen LogP) is 1.98. The fourth-order valence-electron chi connectivity index (χ4n) is 2.24. The van der Waals surface area contributed by atoms with E-state index in [1.54, 1.807) is 12.3 Å². The standard InChI is InChI=1S/C14H25N3O2S/c1-3-7-15-9-12-8-13(10-16-12)20(18,19)17-11-14(4-2)5-6-14/h8,10,15-17H,3-7,9,11H2,1-2H3. The topological polar surface area (TPSA) is 74.0 Å². The first kappa shape index (κ1) is 15.5. The lowest BCUT2D eigenvalue weighted by Crippen LogP contribution is -2.29. The molecule has 0 saturated heterocycles. The zero-order chi connectivity index (χ0) is 14.6. The zero-order valence-corrected chi connectivity index (χ0v) is 13.1. The first-order valence-corrected chi connectivity index (χ1v) is 8.87. The molecular formula is C14H25N3O2S. The highest BCUT2D eigenvalue weighted by molar-refractivity contribution is 7.89. The molecule has 1 heterocycles. The molecule has 1 fully saturated rings. The smallest absolute Gasteiger partial charge is 0.242 e. The zero-order valence-electron chi connectivity index (χ0n) is 12.3. The minimum atomic E-state index is -3.38. The van der Waals surface area contributed by atoms with Gasteiger partial charge in [0.05, 0.1) is 4.90 Å². The van der Waals surface area contributed by atoms with E-state index >= 15 is 0 Å². The Hall–Kier alpha value is -0.850. The Morgan fingerprint density at radius 2 is 2.10 bits per heavy atom. The number of sulfonamides is 1. The summed E-state index contributed by atoms with van der Waals surface area (Å²) in [5.41, 5.74) is 1.12. The highest BCUT2D eigenvalue weighted by Gasteiger charge is 2.41. The number of hydrogen-bond acceptors (Lipinski definition) is 3. The molecule has 0 aromatic carbocycles. The molecule has 1 aromatic heterocycles. The van der Waals surface area contributed by atoms with Crippen molar-refractivity contribution in [2.45, 2.75) is 51.0 Å². The maximum Gasteiger partial charge on any atom is 0.242 e. The van der Waals surface area contributed by atoms with Crippen LogP contribution >= 0.6 is 0 Å². The van der Waals surface area contributed by atoms with Crippen molar-refractivity contribution >= 4 is 10.0 Å². The Kier molecular flexibility index (Phi) is 4.88. The van der Waals surface area contributed by atoms with Gasteiger partial charge in [0.15, 0.2) is 0 Å². The van der Waals surface area contributed by atoms with E-state index in [9.17, 15) is 8.42 Å². The number of nitrogens with one attached hydrogen (secondary N) is 3. The fourth-order valence-corrected chi connectivity index (χ4v) is 3.41. The van der Waals surface area contributed by atoms with Crippen LogP contribution in [0.3, 0.4) is 0 Å². The first-order valence-electron chi connectivity index (χ1n) is 7.39. The van der Waals surface area contributed by atoms with Gasteiger partial charge in [-0.1, -0.05) is 13.8 Å². The molecule has 2 rings (SSSR count). The molecule has 0 atom stereocenters. The third-order valence-electron chi connectivity index (χ3n) is 4.11. The van der Waals surface area contributed by atoms with Crippen LogP contribution in [0.15, 0.2) is 17.2 Å². The van der Waals surface area contributed by atoms with Crippen LogP contribution in [-0.4, -0.2) is 26.5 Å². The van der Waals surface area contributed by atoms with Crippen LogP contribution in [0.1, 0.15) is 45.2 Å². The van der Waals surface area contributed by atoms with Gasteiger partial charge in [-0.05, 0) is 43.7 Å². The monoisotopic (exact) mass is 299 g/mol. The lowest BCUT2D eigenvalue weighted by atomic mass is 10.1. The first-order chi connectivity index (χ1) is 9.51. The minimum Gasteiger partial charge on any atom is -0.363 e. The van der Waals surface area contributed by atoms with E-state index in [2.05, 4.69) is 28.9 Å². The Morgan fingerprint density at radius 3 is 2.70 bits per heavy atom. The van der Waals surface area contributed by atoms with Gasteiger partial charge < -0.3 is 10.3 Å². The molecule has 114 valence electrons. The third-order valence-corrected chi connectivity index (χ3v) is 5.49. The number of rotatable bonds is 9. The normalized spacial score (nSPS) is 17.3. The summed E-state index contributed by atoms with van der Waals surface area (Å²) in [6.45, 7) is 6.37. The van der Waals surface area contributed by atoms with Gasteiger partial charge >= 0.3 is 0 Å². The third kappa shape index (κ3) is 3.84. The van der Waals surface area contributed by atoms with Crippen molar-refractivity contribution in [2.75, 3.05) is 13.1 Å². The SMILES string of the molecule is CCCNCc1cc(S(=O)(=O)NCC2(CC)CC2)c[nH]1. The quantitative estimate of drug-likeness (QED) is 0.610. The molecule has 0 bridgehead atoms. The average molecular weight is 299 g/mol. The van der Waals surface area contributed by atoms with Crippen molar-refractivity contribution in [3.05, 3.63) is 18.0 Å². The molecule has 6 heteroatoms. The Bertz CT molecular complexity index is 532. The van der Waals surface area contributed by atoms with Crippen LogP contribution in [0.2, 0.25) is 0 Å². The van der Waals surface area contributed by atoms with E-state index in [1.165, 1.54) is 0 Å². The van der Waals surface area contributed by atoms with Crippen LogP contribution in [0.4, 0.5) is 0 Å². The molecule has 1 aliphatic rings. The lowest BCUT2D eigenvalue weighted by Gasteiger charge is -2.12. The summed E-state index contributed by atoms with van der Waals surface area (Å²) in [6.07, 6.45) is 5.93. The van der Waals surface area contributed by atoms with Crippen LogP contribution in [-0.2, 0) is 16.6 Å². The number of H-pyrrole nitrogens is 1. The Morgan fingerprint density at radius 1 is 1.35 bits per heavy atom. The molecule has 0 unspecified atom stereocenters. The molecule has 0 radical (unpaired) electrons. The molecule has 3 N–H and O–H groups in total. The maximum atomic E-state index is 12.2. The molecule has 0 amide bonds. The van der Waals surface area contributed by atoms with E-state index in [-0.39, 0.29) is 5.41 Å². The highest BCUT2D eigenvalue weighted by atomic mass is 32.2. The average Bonchev–Trinajstić information content (AvgIpc) is 3.06. The predicted molar refractivity (Wildman–Crippen MR) is 79.9 cm³/mol. The van der Waals surface area contributed by atoms with Crippen LogP contribution in [0.25, 0.3) is 0 Å². The van der Waals surface area contributed by atoms with E-state index in [0.717, 1.165) is 37.9 Å². The lowest BCUT2D eigenvalue weighted by molar-refractivity contribution is 0.475. The summed E-state index contributed by atoms with van der Waals surface area (Å²) in [4.78, 5) is 3.35. The van der Waals surface area contributed by atoms with Crippen molar-refractivity contribution in [1.29, 1.82) is 0 Å². The maximum absolute atomic E-state index is 12.2. The van der Waals surface area contributed by atoms with E-state index in [4.69, 9.17) is 0 Å². The summed E-state index contributed by atoms with van der Waals surface area (Å²) < 4.78 is 27.2. The number of aromatic amines is 1. The Balaban J connectivity index is 1.92. The van der Waals surface area contributed by atoms with E-state index in [0.29, 0.717) is 18.0 Å². The molecule has 20 heavy (non-hydrogen) atoms. The largest absolute Gasteiger partial charge is 0.363 e. The van der Waals surface area contributed by atoms with Gasteiger partial charge in [0.25, 0.3) is 0 Å². The molecule has 1 saturated carbocycles. The van der Waals surface area contributed by atoms with Gasteiger partial charge in [-0.25, -0.2) is 13.1 Å². The second-order valence-corrected chi connectivity index (χ2v) is 7.48. The van der Waals surface area contributed by atoms with Crippen molar-refractivity contribution in [3.63, 3.8) is 0 Å². The molecule has 0 aliphatic heterocycles. The van der Waals surface area contributed by atoms with Gasteiger partial charge in [-0.2, -0.15) is 0 Å². The van der Waals surface area contributed by atoms with Crippen LogP contribution < -0.4 is 10.0 Å². The fraction of sp³-hybridized carbons (Fsp3) is 0.714.